The second-order valence-electron chi connectivity index (χ2n) is 3.34. The lowest BCUT2D eigenvalue weighted by Crippen LogP contribution is -1.86. The van der Waals surface area contributed by atoms with E-state index in [0.29, 0.717) is 0 Å². The molecule has 0 aromatic carbocycles. The number of hydrogen-bond acceptors (Lipinski definition) is 2. The molecule has 0 unspecified atom stereocenters. The van der Waals surface area contributed by atoms with Gasteiger partial charge >= 0.3 is 0 Å². The van der Waals surface area contributed by atoms with Crippen molar-refractivity contribution in [3.63, 3.8) is 0 Å². The molecule has 0 bridgehead atoms. The van der Waals surface area contributed by atoms with Crippen LogP contribution in [0.3, 0.4) is 0 Å². The Bertz CT molecular complexity index is 230. The zero-order chi connectivity index (χ0) is 9.52. The molecule has 0 amide bonds. The predicted octanol–water partition coefficient (Wildman–Crippen LogP) is 2.91. The summed E-state index contributed by atoms with van der Waals surface area (Å²) < 4.78 is 0. The number of aromatic nitrogens is 1. The summed E-state index contributed by atoms with van der Waals surface area (Å²) in [5.41, 5.74) is 1.22. The highest BCUT2D eigenvalue weighted by Gasteiger charge is 1.94. The summed E-state index contributed by atoms with van der Waals surface area (Å²) in [6, 6.07) is 3.59. The van der Waals surface area contributed by atoms with Gasteiger partial charge in [0.15, 0.2) is 0 Å². The van der Waals surface area contributed by atoms with Crippen molar-refractivity contribution in [3.8, 4) is 5.88 Å². The number of rotatable bonds is 5. The number of aromatic hydroxyl groups is 1. The van der Waals surface area contributed by atoms with Crippen molar-refractivity contribution in [2.75, 3.05) is 0 Å². The third kappa shape index (κ3) is 3.92. The summed E-state index contributed by atoms with van der Waals surface area (Å²) in [7, 11) is 0. The molecule has 1 heterocycles. The Morgan fingerprint density at radius 3 is 2.69 bits per heavy atom. The molecule has 13 heavy (non-hydrogen) atoms. The highest BCUT2D eigenvalue weighted by atomic mass is 16.3. The van der Waals surface area contributed by atoms with E-state index >= 15 is 0 Å². The first kappa shape index (κ1) is 10.0. The van der Waals surface area contributed by atoms with Crippen LogP contribution in [0.5, 0.6) is 5.88 Å². The lowest BCUT2D eigenvalue weighted by molar-refractivity contribution is 0.453. The number of nitrogens with zero attached hydrogens (tertiary/aromatic N) is 1. The van der Waals surface area contributed by atoms with Crippen LogP contribution < -0.4 is 0 Å². The Balaban J connectivity index is 2.25. The minimum absolute atomic E-state index is 0.109. The quantitative estimate of drug-likeness (QED) is 0.705. The second kappa shape index (κ2) is 5.57. The molecule has 0 aliphatic heterocycles. The fourth-order valence-electron chi connectivity index (χ4n) is 1.32. The van der Waals surface area contributed by atoms with Crippen molar-refractivity contribution in [3.05, 3.63) is 23.9 Å². The molecule has 0 spiro atoms. The molecule has 0 atom stereocenters. The molecule has 0 aliphatic rings. The van der Waals surface area contributed by atoms with E-state index in [4.69, 9.17) is 5.11 Å². The van der Waals surface area contributed by atoms with E-state index in [1.165, 1.54) is 31.2 Å². The molecule has 0 radical (unpaired) electrons. The van der Waals surface area contributed by atoms with Crippen LogP contribution in [0, 0.1) is 0 Å². The van der Waals surface area contributed by atoms with Gasteiger partial charge in [0.05, 0.1) is 0 Å². The minimum atomic E-state index is 0.109. The van der Waals surface area contributed by atoms with Crippen LogP contribution >= 0.6 is 0 Å². The Morgan fingerprint density at radius 1 is 1.23 bits per heavy atom. The Labute approximate surface area is 79.6 Å². The zero-order valence-corrected chi connectivity index (χ0v) is 8.16. The SMILES string of the molecule is CCCCCCc1ccc(O)nc1. The van der Waals surface area contributed by atoms with Crippen LogP contribution in [0.4, 0.5) is 0 Å². The molecule has 0 saturated heterocycles. The summed E-state index contributed by atoms with van der Waals surface area (Å²) in [4.78, 5) is 3.83. The van der Waals surface area contributed by atoms with Crippen LogP contribution in [0.2, 0.25) is 0 Å². The monoisotopic (exact) mass is 179 g/mol. The normalized spacial score (nSPS) is 10.2. The predicted molar refractivity (Wildman–Crippen MR) is 53.7 cm³/mol. The summed E-state index contributed by atoms with van der Waals surface area (Å²) in [6.45, 7) is 2.21. The number of hydrogen-bond donors (Lipinski definition) is 1. The van der Waals surface area contributed by atoms with E-state index in [1.807, 2.05) is 6.07 Å². The van der Waals surface area contributed by atoms with Gasteiger partial charge in [-0.15, -0.1) is 0 Å². The number of pyridine rings is 1. The lowest BCUT2D eigenvalue weighted by Gasteiger charge is -2.00. The maximum atomic E-state index is 8.96. The molecular formula is C11H17NO. The average molecular weight is 179 g/mol. The van der Waals surface area contributed by atoms with E-state index in [2.05, 4.69) is 11.9 Å². The molecule has 1 aromatic rings. The van der Waals surface area contributed by atoms with Gasteiger partial charge in [-0.2, -0.15) is 0 Å². The van der Waals surface area contributed by atoms with Crippen molar-refractivity contribution in [2.45, 2.75) is 39.0 Å². The standard InChI is InChI=1S/C11H17NO/c1-2-3-4-5-6-10-7-8-11(13)12-9-10/h7-9H,2-6H2,1H3,(H,12,13). The first-order valence-corrected chi connectivity index (χ1v) is 4.97. The molecular weight excluding hydrogens is 162 g/mol. The molecule has 2 heteroatoms. The molecule has 1 aromatic heterocycles. The van der Waals surface area contributed by atoms with Crippen LogP contribution in [-0.4, -0.2) is 10.1 Å². The van der Waals surface area contributed by atoms with Gasteiger partial charge < -0.3 is 5.11 Å². The highest BCUT2D eigenvalue weighted by Crippen LogP contribution is 2.09. The Kier molecular flexibility index (Phi) is 4.30. The van der Waals surface area contributed by atoms with Crippen LogP contribution in [0.1, 0.15) is 38.2 Å². The molecule has 2 nitrogen and oxygen atoms in total. The van der Waals surface area contributed by atoms with Gasteiger partial charge in [-0.05, 0) is 18.4 Å². The molecule has 1 rings (SSSR count). The molecule has 0 aliphatic carbocycles. The lowest BCUT2D eigenvalue weighted by atomic mass is 10.1. The first-order chi connectivity index (χ1) is 6.33. The number of unbranched alkanes of at least 4 members (excludes halogenated alkanes) is 3. The minimum Gasteiger partial charge on any atom is -0.493 e. The van der Waals surface area contributed by atoms with Crippen molar-refractivity contribution in [2.24, 2.45) is 0 Å². The van der Waals surface area contributed by atoms with Gasteiger partial charge in [0, 0.05) is 12.3 Å². The zero-order valence-electron chi connectivity index (χ0n) is 8.16. The van der Waals surface area contributed by atoms with Crippen LogP contribution in [-0.2, 0) is 6.42 Å². The summed E-state index contributed by atoms with van der Waals surface area (Å²) in [6.07, 6.45) is 7.92. The summed E-state index contributed by atoms with van der Waals surface area (Å²) in [5, 5.41) is 8.96. The first-order valence-electron chi connectivity index (χ1n) is 4.97. The van der Waals surface area contributed by atoms with Gasteiger partial charge in [0.1, 0.15) is 0 Å². The van der Waals surface area contributed by atoms with Gasteiger partial charge in [-0.3, -0.25) is 0 Å². The van der Waals surface area contributed by atoms with Gasteiger partial charge in [0.2, 0.25) is 5.88 Å². The highest BCUT2D eigenvalue weighted by molar-refractivity contribution is 5.16. The van der Waals surface area contributed by atoms with E-state index < -0.39 is 0 Å². The molecule has 0 saturated carbocycles. The maximum Gasteiger partial charge on any atom is 0.210 e. The van der Waals surface area contributed by atoms with Crippen molar-refractivity contribution < 1.29 is 5.11 Å². The van der Waals surface area contributed by atoms with Crippen molar-refractivity contribution in [1.82, 2.24) is 4.98 Å². The Morgan fingerprint density at radius 2 is 2.08 bits per heavy atom. The van der Waals surface area contributed by atoms with E-state index in [0.717, 1.165) is 6.42 Å². The molecule has 72 valence electrons. The van der Waals surface area contributed by atoms with E-state index in [1.54, 1.807) is 12.3 Å². The maximum absolute atomic E-state index is 8.96. The van der Waals surface area contributed by atoms with Crippen LogP contribution in [0.25, 0.3) is 0 Å². The third-order valence-electron chi connectivity index (χ3n) is 2.13. The average Bonchev–Trinajstić information content (AvgIpc) is 2.15. The van der Waals surface area contributed by atoms with Gasteiger partial charge in [-0.1, -0.05) is 32.3 Å². The van der Waals surface area contributed by atoms with E-state index in [-0.39, 0.29) is 5.88 Å². The third-order valence-corrected chi connectivity index (χ3v) is 2.13. The largest absolute Gasteiger partial charge is 0.493 e. The van der Waals surface area contributed by atoms with E-state index in [9.17, 15) is 0 Å². The molecule has 0 fully saturated rings. The fraction of sp³-hybridized carbons (Fsp3) is 0.545. The Hall–Kier alpha value is -1.05. The van der Waals surface area contributed by atoms with Gasteiger partial charge in [-0.25, -0.2) is 4.98 Å². The van der Waals surface area contributed by atoms with Gasteiger partial charge in [0.25, 0.3) is 0 Å². The second-order valence-corrected chi connectivity index (χ2v) is 3.34. The fourth-order valence-corrected chi connectivity index (χ4v) is 1.32. The number of aryl methyl sites for hydroxylation is 1. The van der Waals surface area contributed by atoms with Crippen LogP contribution in [0.15, 0.2) is 18.3 Å². The smallest absolute Gasteiger partial charge is 0.210 e. The summed E-state index contributed by atoms with van der Waals surface area (Å²) >= 11 is 0. The molecule has 1 N–H and O–H groups in total. The van der Waals surface area contributed by atoms with Crippen molar-refractivity contribution in [1.29, 1.82) is 0 Å². The van der Waals surface area contributed by atoms with Crippen molar-refractivity contribution >= 4 is 0 Å². The topological polar surface area (TPSA) is 33.1 Å². The summed E-state index contributed by atoms with van der Waals surface area (Å²) in [5.74, 6) is 0.109.